The Balaban J connectivity index is 1.47. The Kier molecular flexibility index (Phi) is 6.99. The summed E-state index contributed by atoms with van der Waals surface area (Å²) in [7, 11) is -1.64. The Hall–Kier alpha value is -2.91. The molecule has 1 aliphatic rings. The van der Waals surface area contributed by atoms with Gasteiger partial charge in [0.25, 0.3) is 0 Å². The highest BCUT2D eigenvalue weighted by molar-refractivity contribution is 7.89. The second-order valence-electron chi connectivity index (χ2n) is 8.18. The van der Waals surface area contributed by atoms with E-state index in [-0.39, 0.29) is 17.2 Å². The van der Waals surface area contributed by atoms with Crippen LogP contribution in [0.25, 0.3) is 11.0 Å². The predicted molar refractivity (Wildman–Crippen MR) is 128 cm³/mol. The lowest BCUT2D eigenvalue weighted by Gasteiger charge is -2.25. The van der Waals surface area contributed by atoms with Gasteiger partial charge in [0.1, 0.15) is 11.6 Å². The molecule has 1 N–H and O–H groups in total. The van der Waals surface area contributed by atoms with Crippen molar-refractivity contribution in [3.05, 3.63) is 48.3 Å². The fourth-order valence-electron chi connectivity index (χ4n) is 4.16. The van der Waals surface area contributed by atoms with Crippen LogP contribution in [-0.4, -0.2) is 47.9 Å². The first kappa shape index (κ1) is 23.3. The van der Waals surface area contributed by atoms with Gasteiger partial charge in [0, 0.05) is 33.0 Å². The zero-order valence-corrected chi connectivity index (χ0v) is 19.9. The molecule has 2 heterocycles. The van der Waals surface area contributed by atoms with Gasteiger partial charge in [0.05, 0.1) is 28.2 Å². The lowest BCUT2D eigenvalue weighted by atomic mass is 10.2. The van der Waals surface area contributed by atoms with Crippen molar-refractivity contribution in [2.45, 2.75) is 43.9 Å². The Morgan fingerprint density at radius 3 is 2.64 bits per heavy atom. The minimum absolute atomic E-state index is 0.137. The fraction of sp³-hybridized carbons (Fsp3) is 0.417. The molecule has 0 saturated carbocycles. The molecule has 8 nitrogen and oxygen atoms in total. The number of benzene rings is 2. The first-order valence-corrected chi connectivity index (χ1v) is 12.8. The van der Waals surface area contributed by atoms with Crippen LogP contribution in [0.3, 0.4) is 0 Å². The molecule has 176 valence electrons. The second-order valence-corrected chi connectivity index (χ2v) is 10.1. The van der Waals surface area contributed by atoms with Crippen molar-refractivity contribution >= 4 is 32.7 Å². The number of anilines is 1. The number of para-hydroxylation sites is 2. The Morgan fingerprint density at radius 1 is 1.12 bits per heavy atom. The van der Waals surface area contributed by atoms with Gasteiger partial charge in [-0.3, -0.25) is 4.79 Å². The van der Waals surface area contributed by atoms with Crippen LogP contribution in [0.1, 0.15) is 38.4 Å². The van der Waals surface area contributed by atoms with Gasteiger partial charge in [0.15, 0.2) is 0 Å². The number of amides is 1. The Labute approximate surface area is 194 Å². The lowest BCUT2D eigenvalue weighted by Crippen LogP contribution is -2.35. The van der Waals surface area contributed by atoms with E-state index in [0.717, 1.165) is 30.6 Å². The largest absolute Gasteiger partial charge is 0.492 e. The normalized spacial score (nSPS) is 15.0. The van der Waals surface area contributed by atoms with Gasteiger partial charge >= 0.3 is 0 Å². The molecule has 0 radical (unpaired) electrons. The number of carbonyl (C=O) groups is 1. The number of rotatable bonds is 8. The molecule has 3 aromatic rings. The average Bonchev–Trinajstić information content (AvgIpc) is 3.14. The summed E-state index contributed by atoms with van der Waals surface area (Å²) in [5, 5.41) is 2.90. The van der Waals surface area contributed by atoms with Crippen molar-refractivity contribution in [2.75, 3.05) is 25.0 Å². The Bertz CT molecular complexity index is 1250. The topological polar surface area (TPSA) is 93.5 Å². The van der Waals surface area contributed by atoms with Crippen molar-refractivity contribution < 1.29 is 17.9 Å². The molecule has 1 amide bonds. The van der Waals surface area contributed by atoms with Crippen LogP contribution in [0.15, 0.2) is 47.4 Å². The van der Waals surface area contributed by atoms with E-state index in [0.29, 0.717) is 43.1 Å². The highest BCUT2D eigenvalue weighted by atomic mass is 32.2. The van der Waals surface area contributed by atoms with Gasteiger partial charge in [-0.1, -0.05) is 18.6 Å². The smallest absolute Gasteiger partial charge is 0.243 e. The molecule has 0 atom stereocenters. The minimum Gasteiger partial charge on any atom is -0.492 e. The zero-order chi connectivity index (χ0) is 23.4. The number of imidazole rings is 1. The third-order valence-corrected chi connectivity index (χ3v) is 7.83. The molecule has 1 saturated heterocycles. The fourth-order valence-corrected chi connectivity index (χ4v) is 5.69. The highest BCUT2D eigenvalue weighted by Gasteiger charge is 2.26. The van der Waals surface area contributed by atoms with Gasteiger partial charge in [-0.25, -0.2) is 13.4 Å². The van der Waals surface area contributed by atoms with Crippen LogP contribution in [0.4, 0.5) is 5.69 Å². The summed E-state index contributed by atoms with van der Waals surface area (Å²) in [5.41, 5.74) is 2.10. The molecular weight excluding hydrogens is 440 g/mol. The van der Waals surface area contributed by atoms with Crippen molar-refractivity contribution in [3.63, 3.8) is 0 Å². The number of aromatic nitrogens is 2. The van der Waals surface area contributed by atoms with Crippen molar-refractivity contribution in [2.24, 2.45) is 7.05 Å². The molecule has 1 aliphatic heterocycles. The summed E-state index contributed by atoms with van der Waals surface area (Å²) >= 11 is 0. The molecule has 1 aromatic heterocycles. The number of sulfonamides is 1. The number of hydrogen-bond donors (Lipinski definition) is 1. The van der Waals surface area contributed by atoms with E-state index in [1.807, 2.05) is 42.8 Å². The molecule has 9 heteroatoms. The number of carbonyl (C=O) groups excluding carboxylic acids is 1. The average molecular weight is 471 g/mol. The molecule has 0 aliphatic carbocycles. The maximum Gasteiger partial charge on any atom is 0.243 e. The number of piperidine rings is 1. The minimum atomic E-state index is -3.52. The van der Waals surface area contributed by atoms with Crippen LogP contribution in [-0.2, 0) is 28.3 Å². The van der Waals surface area contributed by atoms with Gasteiger partial charge in [-0.2, -0.15) is 4.31 Å². The first-order valence-electron chi connectivity index (χ1n) is 11.4. The van der Waals surface area contributed by atoms with Gasteiger partial charge < -0.3 is 14.6 Å². The van der Waals surface area contributed by atoms with Gasteiger partial charge in [-0.15, -0.1) is 0 Å². The number of aryl methyl sites for hydroxylation is 2. The maximum absolute atomic E-state index is 13.0. The molecule has 2 aromatic carbocycles. The zero-order valence-electron chi connectivity index (χ0n) is 19.1. The van der Waals surface area contributed by atoms with E-state index < -0.39 is 10.0 Å². The van der Waals surface area contributed by atoms with Crippen molar-refractivity contribution in [1.82, 2.24) is 13.9 Å². The van der Waals surface area contributed by atoms with E-state index in [9.17, 15) is 13.2 Å². The molecular formula is C24H30N4O4S. The number of fused-ring (bicyclic) bond motifs is 1. The molecule has 0 spiro atoms. The number of hydrogen-bond acceptors (Lipinski definition) is 5. The quantitative estimate of drug-likeness (QED) is 0.542. The van der Waals surface area contributed by atoms with Crippen LogP contribution in [0.2, 0.25) is 0 Å². The monoisotopic (exact) mass is 470 g/mol. The third kappa shape index (κ3) is 5.04. The number of nitrogens with one attached hydrogen (secondary N) is 1. The van der Waals surface area contributed by atoms with E-state index in [1.54, 1.807) is 22.5 Å². The molecule has 0 unspecified atom stereocenters. The molecule has 1 fully saturated rings. The SMILES string of the molecule is CCOc1ccccc1NC(=O)CCc1nc2cc(S(=O)(=O)N3CCCCC3)ccc2n1C. The lowest BCUT2D eigenvalue weighted by molar-refractivity contribution is -0.116. The summed E-state index contributed by atoms with van der Waals surface area (Å²) in [4.78, 5) is 17.4. The summed E-state index contributed by atoms with van der Waals surface area (Å²) in [5.74, 6) is 1.23. The number of nitrogens with zero attached hydrogens (tertiary/aromatic N) is 3. The maximum atomic E-state index is 13.0. The van der Waals surface area contributed by atoms with Crippen LogP contribution in [0, 0.1) is 0 Å². The van der Waals surface area contributed by atoms with E-state index >= 15 is 0 Å². The molecule has 33 heavy (non-hydrogen) atoms. The van der Waals surface area contributed by atoms with Crippen LogP contribution in [0.5, 0.6) is 5.75 Å². The van der Waals surface area contributed by atoms with E-state index in [4.69, 9.17) is 4.74 Å². The highest BCUT2D eigenvalue weighted by Crippen LogP contribution is 2.26. The summed E-state index contributed by atoms with van der Waals surface area (Å²) in [6, 6.07) is 12.4. The Morgan fingerprint density at radius 2 is 1.88 bits per heavy atom. The first-order chi connectivity index (χ1) is 15.9. The van der Waals surface area contributed by atoms with E-state index in [2.05, 4.69) is 10.3 Å². The van der Waals surface area contributed by atoms with Gasteiger partial charge in [0.2, 0.25) is 15.9 Å². The van der Waals surface area contributed by atoms with Crippen molar-refractivity contribution in [1.29, 1.82) is 0 Å². The van der Waals surface area contributed by atoms with Crippen molar-refractivity contribution in [3.8, 4) is 5.75 Å². The van der Waals surface area contributed by atoms with Crippen LogP contribution >= 0.6 is 0 Å². The summed E-state index contributed by atoms with van der Waals surface area (Å²) in [6.45, 7) is 3.54. The standard InChI is InChI=1S/C24H30N4O4S/c1-3-32-22-10-6-5-9-19(22)26-24(29)14-13-23-25-20-17-18(11-12-21(20)27(23)2)33(30,31)28-15-7-4-8-16-28/h5-6,9-12,17H,3-4,7-8,13-16H2,1-2H3,(H,26,29). The summed E-state index contributed by atoms with van der Waals surface area (Å²) in [6.07, 6.45) is 3.54. The van der Waals surface area contributed by atoms with E-state index in [1.165, 1.54) is 0 Å². The molecule has 4 rings (SSSR count). The van der Waals surface area contributed by atoms with Gasteiger partial charge in [-0.05, 0) is 50.1 Å². The van der Waals surface area contributed by atoms with Crippen LogP contribution < -0.4 is 10.1 Å². The third-order valence-electron chi connectivity index (χ3n) is 5.93. The predicted octanol–water partition coefficient (Wildman–Crippen LogP) is 3.72. The molecule has 0 bridgehead atoms. The summed E-state index contributed by atoms with van der Waals surface area (Å²) < 4.78 is 35.1. The second kappa shape index (κ2) is 9.93. The number of ether oxygens (including phenoxy) is 1.